The standard InChI is InChI=1S/C10H14N4O/c1-5-6(2)12-9-8(11-5)10(4,15)14-7(3)13-9/h15H,1-4H3,(H,12,13,14). The van der Waals surface area contributed by atoms with Gasteiger partial charge in [0, 0.05) is 0 Å². The Labute approximate surface area is 88.3 Å². The summed E-state index contributed by atoms with van der Waals surface area (Å²) in [5.41, 5.74) is 0.865. The van der Waals surface area contributed by atoms with Crippen molar-refractivity contribution in [2.75, 3.05) is 5.32 Å². The molecule has 2 heterocycles. The number of aromatic nitrogens is 2. The quantitative estimate of drug-likeness (QED) is 0.667. The normalized spacial score (nSPS) is 24.2. The third-order valence-corrected chi connectivity index (χ3v) is 2.44. The third kappa shape index (κ3) is 1.59. The van der Waals surface area contributed by atoms with Crippen molar-refractivity contribution in [3.05, 3.63) is 17.1 Å². The fraction of sp³-hybridized carbons (Fsp3) is 0.500. The number of aliphatic hydroxyl groups is 1. The molecule has 2 rings (SSSR count). The fourth-order valence-electron chi connectivity index (χ4n) is 1.60. The summed E-state index contributed by atoms with van der Waals surface area (Å²) in [5.74, 6) is 1.24. The summed E-state index contributed by atoms with van der Waals surface area (Å²) in [5, 5.41) is 13.1. The smallest absolute Gasteiger partial charge is 0.202 e. The average Bonchev–Trinajstić information content (AvgIpc) is 2.07. The molecule has 15 heavy (non-hydrogen) atoms. The van der Waals surface area contributed by atoms with Crippen LogP contribution in [0.5, 0.6) is 0 Å². The molecule has 0 amide bonds. The lowest BCUT2D eigenvalue weighted by Gasteiger charge is -2.27. The predicted octanol–water partition coefficient (Wildman–Crippen LogP) is 1.10. The molecular weight excluding hydrogens is 192 g/mol. The minimum atomic E-state index is -1.28. The van der Waals surface area contributed by atoms with Gasteiger partial charge in [0.05, 0.1) is 11.4 Å². The van der Waals surface area contributed by atoms with E-state index in [4.69, 9.17) is 0 Å². The number of aliphatic imine (C=N–C) groups is 1. The van der Waals surface area contributed by atoms with Gasteiger partial charge in [0.25, 0.3) is 0 Å². The first-order valence-electron chi connectivity index (χ1n) is 4.82. The summed E-state index contributed by atoms with van der Waals surface area (Å²) in [7, 11) is 0. The van der Waals surface area contributed by atoms with Crippen molar-refractivity contribution in [3.63, 3.8) is 0 Å². The lowest BCUT2D eigenvalue weighted by Crippen LogP contribution is -2.31. The molecule has 0 saturated heterocycles. The molecule has 80 valence electrons. The molecule has 1 aromatic heterocycles. The zero-order valence-electron chi connectivity index (χ0n) is 9.29. The molecule has 0 radical (unpaired) electrons. The second-order valence-electron chi connectivity index (χ2n) is 3.93. The van der Waals surface area contributed by atoms with Crippen LogP contribution in [0.1, 0.15) is 30.9 Å². The molecule has 0 fully saturated rings. The van der Waals surface area contributed by atoms with Crippen molar-refractivity contribution in [1.82, 2.24) is 9.97 Å². The highest BCUT2D eigenvalue weighted by Crippen LogP contribution is 2.30. The molecule has 1 unspecified atom stereocenters. The molecule has 5 heteroatoms. The first-order chi connectivity index (χ1) is 6.90. The van der Waals surface area contributed by atoms with Crippen molar-refractivity contribution in [2.45, 2.75) is 33.4 Å². The van der Waals surface area contributed by atoms with Crippen LogP contribution in [0.25, 0.3) is 0 Å². The molecule has 0 bridgehead atoms. The van der Waals surface area contributed by atoms with E-state index in [9.17, 15) is 5.11 Å². The number of amidine groups is 1. The van der Waals surface area contributed by atoms with Gasteiger partial charge in [0.1, 0.15) is 11.5 Å². The number of hydrogen-bond donors (Lipinski definition) is 2. The van der Waals surface area contributed by atoms with Crippen molar-refractivity contribution < 1.29 is 5.11 Å². The molecule has 2 N–H and O–H groups in total. The van der Waals surface area contributed by atoms with E-state index in [1.54, 1.807) is 13.8 Å². The van der Waals surface area contributed by atoms with Gasteiger partial charge in [-0.15, -0.1) is 0 Å². The van der Waals surface area contributed by atoms with E-state index in [1.807, 2.05) is 13.8 Å². The minimum absolute atomic E-state index is 0.483. The van der Waals surface area contributed by atoms with Gasteiger partial charge in [-0.1, -0.05) is 0 Å². The predicted molar refractivity (Wildman–Crippen MR) is 57.8 cm³/mol. The molecule has 0 saturated carbocycles. The first-order valence-corrected chi connectivity index (χ1v) is 4.82. The van der Waals surface area contributed by atoms with E-state index in [-0.39, 0.29) is 0 Å². The van der Waals surface area contributed by atoms with E-state index in [0.29, 0.717) is 17.3 Å². The van der Waals surface area contributed by atoms with Gasteiger partial charge in [-0.05, 0) is 27.7 Å². The van der Waals surface area contributed by atoms with Gasteiger partial charge in [-0.3, -0.25) is 0 Å². The maximum absolute atomic E-state index is 10.1. The van der Waals surface area contributed by atoms with Crippen molar-refractivity contribution in [2.24, 2.45) is 4.99 Å². The van der Waals surface area contributed by atoms with E-state index in [1.165, 1.54) is 0 Å². The van der Waals surface area contributed by atoms with Crippen molar-refractivity contribution in [1.29, 1.82) is 0 Å². The monoisotopic (exact) mass is 206 g/mol. The van der Waals surface area contributed by atoms with Gasteiger partial charge in [-0.25, -0.2) is 15.0 Å². The molecule has 1 aliphatic heterocycles. The topological polar surface area (TPSA) is 70.4 Å². The molecule has 0 aromatic carbocycles. The van der Waals surface area contributed by atoms with E-state index >= 15 is 0 Å². The van der Waals surface area contributed by atoms with Crippen LogP contribution >= 0.6 is 0 Å². The second kappa shape index (κ2) is 3.00. The van der Waals surface area contributed by atoms with Crippen LogP contribution in [-0.2, 0) is 5.72 Å². The highest BCUT2D eigenvalue weighted by molar-refractivity contribution is 5.95. The number of fused-ring (bicyclic) bond motifs is 1. The summed E-state index contributed by atoms with van der Waals surface area (Å²) in [4.78, 5) is 12.7. The highest BCUT2D eigenvalue weighted by Gasteiger charge is 2.32. The third-order valence-electron chi connectivity index (χ3n) is 2.44. The number of aryl methyl sites for hydroxylation is 2. The Morgan fingerprint density at radius 1 is 1.13 bits per heavy atom. The minimum Gasteiger partial charge on any atom is -0.364 e. The maximum atomic E-state index is 10.1. The largest absolute Gasteiger partial charge is 0.364 e. The van der Waals surface area contributed by atoms with Gasteiger partial charge >= 0.3 is 0 Å². The van der Waals surface area contributed by atoms with Crippen LogP contribution in [0.4, 0.5) is 5.82 Å². The number of hydrogen-bond acceptors (Lipinski definition) is 5. The molecular formula is C10H14N4O. The summed E-state index contributed by atoms with van der Waals surface area (Å²) < 4.78 is 0. The summed E-state index contributed by atoms with van der Waals surface area (Å²) in [6.07, 6.45) is 0. The van der Waals surface area contributed by atoms with Gasteiger partial charge < -0.3 is 10.4 Å². The van der Waals surface area contributed by atoms with E-state index in [2.05, 4.69) is 20.3 Å². The lowest BCUT2D eigenvalue weighted by atomic mass is 10.1. The Kier molecular flexibility index (Phi) is 2.01. The Hall–Kier alpha value is -1.49. The first kappa shape index (κ1) is 10.0. The number of nitrogens with one attached hydrogen (secondary N) is 1. The summed E-state index contributed by atoms with van der Waals surface area (Å²) in [6.45, 7) is 7.15. The average molecular weight is 206 g/mol. The number of nitrogens with zero attached hydrogens (tertiary/aromatic N) is 3. The highest BCUT2D eigenvalue weighted by atomic mass is 16.3. The van der Waals surface area contributed by atoms with Crippen LogP contribution in [0, 0.1) is 13.8 Å². The molecule has 1 atom stereocenters. The molecule has 5 nitrogen and oxygen atoms in total. The van der Waals surface area contributed by atoms with Crippen LogP contribution in [-0.4, -0.2) is 20.9 Å². The Morgan fingerprint density at radius 2 is 1.73 bits per heavy atom. The van der Waals surface area contributed by atoms with Crippen molar-refractivity contribution in [3.8, 4) is 0 Å². The zero-order chi connectivity index (χ0) is 11.2. The number of anilines is 1. The van der Waals surface area contributed by atoms with Gasteiger partial charge in [0.2, 0.25) is 5.72 Å². The molecule has 0 aliphatic carbocycles. The zero-order valence-corrected chi connectivity index (χ0v) is 9.29. The number of rotatable bonds is 0. The summed E-state index contributed by atoms with van der Waals surface area (Å²) in [6, 6.07) is 0. The molecule has 0 spiro atoms. The fourth-order valence-corrected chi connectivity index (χ4v) is 1.60. The molecule has 1 aromatic rings. The lowest BCUT2D eigenvalue weighted by molar-refractivity contribution is 0.0618. The van der Waals surface area contributed by atoms with Gasteiger partial charge in [-0.2, -0.15) is 0 Å². The summed E-state index contributed by atoms with van der Waals surface area (Å²) >= 11 is 0. The van der Waals surface area contributed by atoms with Crippen LogP contribution in [0.2, 0.25) is 0 Å². The Balaban J connectivity index is 2.64. The van der Waals surface area contributed by atoms with E-state index in [0.717, 1.165) is 11.4 Å². The SMILES string of the molecule is CC1=NC(C)(O)c2nc(C)c(C)nc2N1. The van der Waals surface area contributed by atoms with Crippen LogP contribution in [0.3, 0.4) is 0 Å². The van der Waals surface area contributed by atoms with Gasteiger partial charge in [0.15, 0.2) is 5.82 Å². The Morgan fingerprint density at radius 3 is 2.40 bits per heavy atom. The molecule has 1 aliphatic rings. The Bertz CT molecular complexity index is 451. The van der Waals surface area contributed by atoms with Crippen LogP contribution < -0.4 is 5.32 Å². The van der Waals surface area contributed by atoms with Crippen LogP contribution in [0.15, 0.2) is 4.99 Å². The van der Waals surface area contributed by atoms with Crippen molar-refractivity contribution >= 4 is 11.7 Å². The second-order valence-corrected chi connectivity index (χ2v) is 3.93. The maximum Gasteiger partial charge on any atom is 0.202 e. The van der Waals surface area contributed by atoms with E-state index < -0.39 is 5.72 Å².